The van der Waals surface area contributed by atoms with Gasteiger partial charge in [-0.3, -0.25) is 0 Å². The van der Waals surface area contributed by atoms with Gasteiger partial charge in [0.2, 0.25) is 0 Å². The first-order valence-corrected chi connectivity index (χ1v) is 5.69. The summed E-state index contributed by atoms with van der Waals surface area (Å²) in [4.78, 5) is 0. The number of furan rings is 1. The van der Waals surface area contributed by atoms with E-state index in [0.29, 0.717) is 12.8 Å². The van der Waals surface area contributed by atoms with Gasteiger partial charge in [0.25, 0.3) is 0 Å². The fourth-order valence-electron chi connectivity index (χ4n) is 1.89. The lowest BCUT2D eigenvalue weighted by atomic mass is 10.0. The molecule has 1 aromatic carbocycles. The Morgan fingerprint density at radius 1 is 1.24 bits per heavy atom. The Balaban J connectivity index is 1.95. The van der Waals surface area contributed by atoms with E-state index >= 15 is 0 Å². The highest BCUT2D eigenvalue weighted by Crippen LogP contribution is 2.11. The third-order valence-electron chi connectivity index (χ3n) is 2.65. The summed E-state index contributed by atoms with van der Waals surface area (Å²) in [6.45, 7) is 1.90. The van der Waals surface area contributed by atoms with Gasteiger partial charge in [-0.15, -0.1) is 0 Å². The van der Waals surface area contributed by atoms with Crippen LogP contribution in [0.3, 0.4) is 0 Å². The second-order valence-electron chi connectivity index (χ2n) is 4.31. The van der Waals surface area contributed by atoms with Crippen LogP contribution in [0, 0.1) is 12.7 Å². The molecule has 2 rings (SSSR count). The second-order valence-corrected chi connectivity index (χ2v) is 4.31. The molecule has 0 bridgehead atoms. The minimum absolute atomic E-state index is 0.0534. The highest BCUT2D eigenvalue weighted by molar-refractivity contribution is 5.18. The molecule has 0 radical (unpaired) electrons. The summed E-state index contributed by atoms with van der Waals surface area (Å²) in [5.41, 5.74) is 6.93. The van der Waals surface area contributed by atoms with E-state index in [4.69, 9.17) is 10.2 Å². The van der Waals surface area contributed by atoms with Gasteiger partial charge in [0.1, 0.15) is 17.3 Å². The molecule has 0 aliphatic carbocycles. The molecule has 0 aliphatic heterocycles. The van der Waals surface area contributed by atoms with E-state index in [1.807, 2.05) is 25.1 Å². The lowest BCUT2D eigenvalue weighted by Gasteiger charge is -2.09. The first-order chi connectivity index (χ1) is 8.13. The first-order valence-electron chi connectivity index (χ1n) is 5.69. The number of aryl methyl sites for hydroxylation is 1. The summed E-state index contributed by atoms with van der Waals surface area (Å²) in [5.74, 6) is 1.55. The van der Waals surface area contributed by atoms with Crippen LogP contribution < -0.4 is 5.73 Å². The topological polar surface area (TPSA) is 39.2 Å². The molecule has 1 aromatic heterocycles. The fourth-order valence-corrected chi connectivity index (χ4v) is 1.89. The maximum atomic E-state index is 13.0. The van der Waals surface area contributed by atoms with Crippen molar-refractivity contribution in [2.45, 2.75) is 25.8 Å². The van der Waals surface area contributed by atoms with Crippen molar-refractivity contribution in [1.82, 2.24) is 0 Å². The number of hydrogen-bond donors (Lipinski definition) is 1. The zero-order chi connectivity index (χ0) is 12.3. The molecule has 2 N–H and O–H groups in total. The Hall–Kier alpha value is -1.61. The molecule has 17 heavy (non-hydrogen) atoms. The number of nitrogens with two attached hydrogens (primary N) is 1. The van der Waals surface area contributed by atoms with E-state index in [-0.39, 0.29) is 11.9 Å². The molecule has 90 valence electrons. The van der Waals surface area contributed by atoms with Gasteiger partial charge in [-0.05, 0) is 43.2 Å². The smallest absolute Gasteiger partial charge is 0.123 e. The van der Waals surface area contributed by atoms with Crippen molar-refractivity contribution in [3.8, 4) is 0 Å². The van der Waals surface area contributed by atoms with Crippen molar-refractivity contribution in [3.63, 3.8) is 0 Å². The molecule has 0 aliphatic rings. The van der Waals surface area contributed by atoms with E-state index in [2.05, 4.69) is 0 Å². The molecule has 2 nitrogen and oxygen atoms in total. The second kappa shape index (κ2) is 5.15. The van der Waals surface area contributed by atoms with Crippen molar-refractivity contribution < 1.29 is 8.81 Å². The molecule has 3 heteroatoms. The zero-order valence-electron chi connectivity index (χ0n) is 9.82. The van der Waals surface area contributed by atoms with Crippen LogP contribution in [0.2, 0.25) is 0 Å². The van der Waals surface area contributed by atoms with Crippen LogP contribution in [0.5, 0.6) is 0 Å². The van der Waals surface area contributed by atoms with E-state index in [1.165, 1.54) is 12.1 Å². The van der Waals surface area contributed by atoms with Crippen molar-refractivity contribution in [2.24, 2.45) is 5.73 Å². The number of hydrogen-bond acceptors (Lipinski definition) is 2. The predicted octanol–water partition coefficient (Wildman–Crippen LogP) is 2.84. The number of rotatable bonds is 4. The van der Waals surface area contributed by atoms with E-state index in [0.717, 1.165) is 17.1 Å². The predicted molar refractivity (Wildman–Crippen MR) is 65.2 cm³/mol. The molecule has 1 atom stereocenters. The van der Waals surface area contributed by atoms with Crippen LogP contribution in [0.1, 0.15) is 17.1 Å². The maximum Gasteiger partial charge on any atom is 0.123 e. The Kier molecular flexibility index (Phi) is 3.59. The lowest BCUT2D eigenvalue weighted by Crippen LogP contribution is -2.25. The number of halogens is 1. The van der Waals surface area contributed by atoms with Crippen LogP contribution in [-0.2, 0) is 12.8 Å². The van der Waals surface area contributed by atoms with Crippen LogP contribution in [-0.4, -0.2) is 6.04 Å². The highest BCUT2D eigenvalue weighted by Gasteiger charge is 2.08. The Morgan fingerprint density at radius 3 is 2.71 bits per heavy atom. The third-order valence-corrected chi connectivity index (χ3v) is 2.65. The zero-order valence-corrected chi connectivity index (χ0v) is 9.82. The quantitative estimate of drug-likeness (QED) is 0.882. The standard InChI is InChI=1S/C14H16FNO/c1-10-5-6-14(17-10)9-13(16)8-11-3-2-4-12(15)7-11/h2-7,13H,8-9,16H2,1H3. The van der Waals surface area contributed by atoms with Crippen LogP contribution in [0.15, 0.2) is 40.8 Å². The molecule has 0 saturated carbocycles. The Bertz CT molecular complexity index is 492. The van der Waals surface area contributed by atoms with Gasteiger partial charge in [0, 0.05) is 12.5 Å². The molecular weight excluding hydrogens is 217 g/mol. The first kappa shape index (κ1) is 11.9. The largest absolute Gasteiger partial charge is 0.466 e. The van der Waals surface area contributed by atoms with Crippen LogP contribution in [0.25, 0.3) is 0 Å². The summed E-state index contributed by atoms with van der Waals surface area (Å²) in [7, 11) is 0. The van der Waals surface area contributed by atoms with Gasteiger partial charge in [-0.1, -0.05) is 12.1 Å². The minimum Gasteiger partial charge on any atom is -0.466 e. The monoisotopic (exact) mass is 233 g/mol. The molecule has 2 aromatic rings. The summed E-state index contributed by atoms with van der Waals surface area (Å²) >= 11 is 0. The maximum absolute atomic E-state index is 13.0. The Morgan fingerprint density at radius 2 is 2.06 bits per heavy atom. The summed E-state index contributed by atoms with van der Waals surface area (Å²) < 4.78 is 18.4. The molecule has 0 spiro atoms. The van der Waals surface area contributed by atoms with Gasteiger partial charge in [0.05, 0.1) is 0 Å². The van der Waals surface area contributed by atoms with Crippen molar-refractivity contribution >= 4 is 0 Å². The Labute approximate surface area is 100 Å². The fraction of sp³-hybridized carbons (Fsp3) is 0.286. The third kappa shape index (κ3) is 3.43. The molecule has 0 saturated heterocycles. The van der Waals surface area contributed by atoms with Gasteiger partial charge in [-0.25, -0.2) is 4.39 Å². The molecule has 1 heterocycles. The van der Waals surface area contributed by atoms with Gasteiger partial charge >= 0.3 is 0 Å². The molecule has 1 unspecified atom stereocenters. The molecular formula is C14H16FNO. The SMILES string of the molecule is Cc1ccc(CC(N)Cc2cccc(F)c2)o1. The average molecular weight is 233 g/mol. The van der Waals surface area contributed by atoms with Gasteiger partial charge in [-0.2, -0.15) is 0 Å². The van der Waals surface area contributed by atoms with E-state index < -0.39 is 0 Å². The van der Waals surface area contributed by atoms with E-state index in [1.54, 1.807) is 6.07 Å². The minimum atomic E-state index is -0.219. The van der Waals surface area contributed by atoms with Crippen LogP contribution >= 0.6 is 0 Å². The molecule has 0 fully saturated rings. The van der Waals surface area contributed by atoms with Crippen molar-refractivity contribution in [3.05, 3.63) is 59.3 Å². The normalized spacial score (nSPS) is 12.6. The van der Waals surface area contributed by atoms with Crippen LogP contribution in [0.4, 0.5) is 4.39 Å². The van der Waals surface area contributed by atoms with E-state index in [9.17, 15) is 4.39 Å². The number of benzene rings is 1. The molecule has 0 amide bonds. The highest BCUT2D eigenvalue weighted by atomic mass is 19.1. The van der Waals surface area contributed by atoms with Crippen molar-refractivity contribution in [2.75, 3.05) is 0 Å². The summed E-state index contributed by atoms with van der Waals surface area (Å²) in [6, 6.07) is 10.3. The summed E-state index contributed by atoms with van der Waals surface area (Å²) in [5, 5.41) is 0. The van der Waals surface area contributed by atoms with Gasteiger partial charge in [0.15, 0.2) is 0 Å². The van der Waals surface area contributed by atoms with Gasteiger partial charge < -0.3 is 10.2 Å². The lowest BCUT2D eigenvalue weighted by molar-refractivity contribution is 0.462. The van der Waals surface area contributed by atoms with Crippen molar-refractivity contribution in [1.29, 1.82) is 0 Å². The average Bonchev–Trinajstić information content (AvgIpc) is 2.63. The summed E-state index contributed by atoms with van der Waals surface area (Å²) in [6.07, 6.45) is 1.32.